The van der Waals surface area contributed by atoms with Crippen LogP contribution in [0.25, 0.3) is 33.8 Å². The third kappa shape index (κ3) is 6.11. The van der Waals surface area contributed by atoms with E-state index in [4.69, 9.17) is 33.3 Å². The fourth-order valence-corrected chi connectivity index (χ4v) is 9.16. The zero-order chi connectivity index (χ0) is 42.4. The average Bonchev–Trinajstić information content (AvgIpc) is 3.98. The summed E-state index contributed by atoms with van der Waals surface area (Å²) in [5, 5.41) is 0. The molecule has 0 bridgehead atoms. The Labute approximate surface area is 404 Å². The van der Waals surface area contributed by atoms with Gasteiger partial charge in [-0.25, -0.2) is 12.1 Å². The van der Waals surface area contributed by atoms with Crippen molar-refractivity contribution in [1.29, 1.82) is 0 Å². The van der Waals surface area contributed by atoms with Gasteiger partial charge in [-0.1, -0.05) is 30.3 Å². The summed E-state index contributed by atoms with van der Waals surface area (Å²) in [4.78, 5) is 9.61. The van der Waals surface area contributed by atoms with Crippen molar-refractivity contribution < 1.29 is 74.6 Å². The molecule has 9 heterocycles. The zero-order valence-electron chi connectivity index (χ0n) is 35.4. The van der Waals surface area contributed by atoms with Crippen LogP contribution in [0.5, 0.6) is 46.3 Å². The van der Waals surface area contributed by atoms with Crippen LogP contribution in [-0.4, -0.2) is 32.5 Å². The van der Waals surface area contributed by atoms with Gasteiger partial charge in [-0.05, 0) is 63.3 Å². The van der Waals surface area contributed by atoms with Crippen LogP contribution >= 0.6 is 0 Å². The number of fused-ring (bicyclic) bond motifs is 8. The summed E-state index contributed by atoms with van der Waals surface area (Å²) in [6, 6.07) is 37.5. The molecule has 314 valence electrons. The molecule has 0 atom stereocenters. The van der Waals surface area contributed by atoms with Gasteiger partial charge in [-0.15, -0.1) is 57.9 Å². The number of aryl methyl sites for hydroxylation is 2. The summed E-state index contributed by atoms with van der Waals surface area (Å²) in [5.74, 6) is 5.55. The number of hydrogen-bond acceptors (Lipinski definition) is 7. The van der Waals surface area contributed by atoms with Gasteiger partial charge in [-0.2, -0.15) is 12.1 Å². The Kier molecular flexibility index (Phi) is 9.58. The fourth-order valence-electron chi connectivity index (χ4n) is 9.16. The quantitative estimate of drug-likeness (QED) is 0.151. The summed E-state index contributed by atoms with van der Waals surface area (Å²) in [6.07, 6.45) is 13.4. The maximum Gasteiger partial charge on any atom is 4.00 e. The van der Waals surface area contributed by atoms with Gasteiger partial charge in [0.2, 0.25) is 26.1 Å². The van der Waals surface area contributed by atoms with E-state index in [1.54, 1.807) is 12.4 Å². The Morgan fingerprint density at radius 1 is 0.523 bits per heavy atom. The van der Waals surface area contributed by atoms with Crippen LogP contribution in [0.15, 0.2) is 77.5 Å². The van der Waals surface area contributed by atoms with E-state index in [-0.39, 0.29) is 55.6 Å². The number of benzene rings is 4. The maximum absolute atomic E-state index is 6.50. The van der Waals surface area contributed by atoms with E-state index in [0.717, 1.165) is 72.5 Å². The Hall–Kier alpha value is -6.41. The van der Waals surface area contributed by atoms with Gasteiger partial charge in [0.25, 0.3) is 0 Å². The van der Waals surface area contributed by atoms with Crippen molar-refractivity contribution in [2.75, 3.05) is 0 Å². The molecule has 4 aromatic carbocycles. The minimum absolute atomic E-state index is 0. The molecule has 0 radical (unpaired) electrons. The van der Waals surface area contributed by atoms with Crippen molar-refractivity contribution in [3.05, 3.63) is 145 Å². The Morgan fingerprint density at radius 2 is 0.985 bits per heavy atom. The molecule has 11 nitrogen and oxygen atoms in total. The van der Waals surface area contributed by atoms with Crippen molar-refractivity contribution in [2.45, 2.75) is 27.7 Å². The standard InChI is InChI=1S/C50H30B2N6O5.2Pt/c1-27-29(3)57(25-55(27)5)34-20-38-49(53-22-34)62-44-11-7-9-42-47(44)51(38)36-17-31(13-15-40(36)60-42)33-19-46(59-24-33)32-14-16-41-37(18-32)52-39-21-35(58-26-56(6)28(2)30(58)4)23-54-50(39)63-45-12-8-10-43(61-41)48(45)52;;/h7-16,22-23H,1-6H3;;/q-6;2*+4. The first-order chi connectivity index (χ1) is 30.7. The van der Waals surface area contributed by atoms with Crippen molar-refractivity contribution in [2.24, 2.45) is 14.1 Å². The van der Waals surface area contributed by atoms with Gasteiger partial charge in [0.15, 0.2) is 0 Å². The molecule has 0 amide bonds. The normalized spacial score (nSPS) is 13.0. The van der Waals surface area contributed by atoms with E-state index in [9.17, 15) is 0 Å². The van der Waals surface area contributed by atoms with E-state index in [1.807, 2.05) is 93.0 Å². The van der Waals surface area contributed by atoms with Gasteiger partial charge in [-0.3, -0.25) is 0 Å². The van der Waals surface area contributed by atoms with E-state index >= 15 is 0 Å². The van der Waals surface area contributed by atoms with Gasteiger partial charge in [0.1, 0.15) is 23.0 Å². The SMILES string of the molecule is Cc1c(C)[n+](C)[c-]n1-c1[c-]c2c(nc1)Oc1cccc3c1B2c1[c-]c(-c2[c-]oc(-c4[c-]c5c(cc4)Oc4cccc6c4B5c4[c-]c(-n5[c-][n+](C)c(C)c5C)cnc4O6)[c-]2)ccc1O3.[Pt+4].[Pt+4]. The first-order valence-corrected chi connectivity index (χ1v) is 20.5. The van der Waals surface area contributed by atoms with Crippen LogP contribution < -0.4 is 60.9 Å². The summed E-state index contributed by atoms with van der Waals surface area (Å²) < 4.78 is 39.8. The summed E-state index contributed by atoms with van der Waals surface area (Å²) in [5.41, 5.74) is 12.8. The number of hydrogen-bond donors (Lipinski definition) is 0. The minimum Gasteiger partial charge on any atom is -0.631 e. The summed E-state index contributed by atoms with van der Waals surface area (Å²) in [7, 11) is 3.95. The molecular formula is C50H30B2N6O5Pt2+2. The first kappa shape index (κ1) is 41.3. The molecular weight excluding hydrogens is 1180 g/mol. The average molecular weight is 1210 g/mol. The van der Waals surface area contributed by atoms with Crippen molar-refractivity contribution in [1.82, 2.24) is 19.1 Å². The number of pyridine rings is 2. The molecule has 4 aliphatic heterocycles. The van der Waals surface area contributed by atoms with Crippen LogP contribution in [0.1, 0.15) is 22.8 Å². The molecule has 0 saturated heterocycles. The number of rotatable bonds is 4. The molecule has 0 unspecified atom stereocenters. The van der Waals surface area contributed by atoms with E-state index in [1.165, 1.54) is 0 Å². The van der Waals surface area contributed by atoms with Crippen LogP contribution in [-0.2, 0) is 56.2 Å². The van der Waals surface area contributed by atoms with E-state index in [0.29, 0.717) is 63.1 Å². The second-order valence-corrected chi connectivity index (χ2v) is 16.2. The molecule has 0 fully saturated rings. The predicted octanol–water partition coefficient (Wildman–Crippen LogP) is 3.72. The zero-order valence-corrected chi connectivity index (χ0v) is 40.0. The largest absolute Gasteiger partial charge is 4.00 e. The number of ether oxygens (including phenoxy) is 4. The molecule has 0 N–H and O–H groups in total. The molecule has 0 spiro atoms. The molecule has 9 aromatic rings. The van der Waals surface area contributed by atoms with E-state index in [2.05, 4.69) is 76.9 Å². The van der Waals surface area contributed by atoms with Crippen molar-refractivity contribution >= 4 is 46.2 Å². The maximum atomic E-state index is 6.50. The Morgan fingerprint density at radius 3 is 1.46 bits per heavy atom. The van der Waals surface area contributed by atoms with Crippen LogP contribution in [0.3, 0.4) is 0 Å². The monoisotopic (exact) mass is 1210 g/mol. The first-order valence-electron chi connectivity index (χ1n) is 20.5. The van der Waals surface area contributed by atoms with Crippen LogP contribution in [0.4, 0.5) is 0 Å². The minimum atomic E-state index is -0.331. The fraction of sp³-hybridized carbons (Fsp3) is 0.120. The number of imidazole rings is 2. The van der Waals surface area contributed by atoms with Crippen molar-refractivity contribution in [3.8, 4) is 80.1 Å². The molecule has 65 heavy (non-hydrogen) atoms. The van der Waals surface area contributed by atoms with E-state index < -0.39 is 0 Å². The van der Waals surface area contributed by atoms with Gasteiger partial charge < -0.3 is 68.8 Å². The topological polar surface area (TPSA) is 93.5 Å². The number of furan rings is 1. The van der Waals surface area contributed by atoms with Gasteiger partial charge in [0, 0.05) is 45.2 Å². The molecule has 5 aromatic heterocycles. The molecule has 13 rings (SSSR count). The molecule has 0 aliphatic carbocycles. The number of aromatic nitrogens is 6. The smallest absolute Gasteiger partial charge is 0.631 e. The third-order valence-electron chi connectivity index (χ3n) is 12.8. The third-order valence-corrected chi connectivity index (χ3v) is 12.8. The van der Waals surface area contributed by atoms with Crippen LogP contribution in [0, 0.1) is 76.9 Å². The second kappa shape index (κ2) is 15.1. The Bertz CT molecular complexity index is 3240. The molecule has 0 saturated carbocycles. The predicted molar refractivity (Wildman–Crippen MR) is 231 cm³/mol. The van der Waals surface area contributed by atoms with Gasteiger partial charge in [0.05, 0.1) is 25.9 Å². The Balaban J connectivity index is 0.00000234. The summed E-state index contributed by atoms with van der Waals surface area (Å²) >= 11 is 0. The van der Waals surface area contributed by atoms with Gasteiger partial charge >= 0.3 is 42.1 Å². The number of nitrogens with zero attached hydrogens (tertiary/aromatic N) is 6. The summed E-state index contributed by atoms with van der Waals surface area (Å²) in [6.45, 7) is 7.59. The van der Waals surface area contributed by atoms with Crippen molar-refractivity contribution in [3.63, 3.8) is 0 Å². The molecule has 4 aliphatic rings. The van der Waals surface area contributed by atoms with Crippen LogP contribution in [0.2, 0.25) is 0 Å². The second-order valence-electron chi connectivity index (χ2n) is 16.2. The molecule has 15 heteroatoms.